The molecule has 3 nitrogen and oxygen atoms in total. The summed E-state index contributed by atoms with van der Waals surface area (Å²) in [5.74, 6) is 0.808. The third-order valence-electron chi connectivity index (χ3n) is 3.95. The molecule has 1 fully saturated rings. The van der Waals surface area contributed by atoms with Crippen molar-refractivity contribution >= 4 is 0 Å². The molecule has 17 heavy (non-hydrogen) atoms. The lowest BCUT2D eigenvalue weighted by Gasteiger charge is -2.35. The molecular weight excluding hydrogens is 212 g/mol. The lowest BCUT2D eigenvalue weighted by atomic mass is 9.84. The highest BCUT2D eigenvalue weighted by atomic mass is 16.3. The third-order valence-corrected chi connectivity index (χ3v) is 3.95. The van der Waals surface area contributed by atoms with Crippen molar-refractivity contribution in [2.24, 2.45) is 5.92 Å². The van der Waals surface area contributed by atoms with Gasteiger partial charge >= 0.3 is 0 Å². The lowest BCUT2D eigenvalue weighted by molar-refractivity contribution is 0.162. The molecule has 0 aromatic heterocycles. The first-order chi connectivity index (χ1) is 8.31. The third kappa shape index (κ3) is 5.36. The van der Waals surface area contributed by atoms with Crippen LogP contribution in [0.15, 0.2) is 0 Å². The summed E-state index contributed by atoms with van der Waals surface area (Å²) in [4.78, 5) is 2.50. The Morgan fingerprint density at radius 3 is 2.65 bits per heavy atom. The maximum Gasteiger partial charge on any atom is 0.0443 e. The van der Waals surface area contributed by atoms with E-state index in [1.165, 1.54) is 32.2 Å². The van der Waals surface area contributed by atoms with Crippen molar-refractivity contribution in [3.8, 4) is 0 Å². The van der Waals surface area contributed by atoms with Gasteiger partial charge < -0.3 is 15.3 Å². The Bertz CT molecular complexity index is 185. The van der Waals surface area contributed by atoms with Crippen LogP contribution < -0.4 is 5.32 Å². The van der Waals surface area contributed by atoms with Crippen molar-refractivity contribution in [3.63, 3.8) is 0 Å². The van der Waals surface area contributed by atoms with Gasteiger partial charge in [-0.15, -0.1) is 0 Å². The summed E-state index contributed by atoms with van der Waals surface area (Å²) < 4.78 is 0. The second-order valence-corrected chi connectivity index (χ2v) is 5.18. The highest BCUT2D eigenvalue weighted by molar-refractivity contribution is 4.82. The SMILES string of the molecule is CCNC1CCCCC1CN(CC)CCCO. The minimum atomic E-state index is 0.317. The number of nitrogens with zero attached hydrogens (tertiary/aromatic N) is 1. The molecule has 2 unspecified atom stereocenters. The van der Waals surface area contributed by atoms with Gasteiger partial charge in [0.15, 0.2) is 0 Å². The Balaban J connectivity index is 2.38. The zero-order valence-corrected chi connectivity index (χ0v) is 11.6. The van der Waals surface area contributed by atoms with E-state index in [0.29, 0.717) is 6.61 Å². The fourth-order valence-corrected chi connectivity index (χ4v) is 2.96. The van der Waals surface area contributed by atoms with Crippen LogP contribution in [0.4, 0.5) is 0 Å². The predicted molar refractivity (Wildman–Crippen MR) is 73.2 cm³/mol. The average molecular weight is 242 g/mol. The van der Waals surface area contributed by atoms with E-state index in [2.05, 4.69) is 24.1 Å². The second kappa shape index (κ2) is 8.90. The molecule has 0 aromatic carbocycles. The van der Waals surface area contributed by atoms with Gasteiger partial charge in [0.2, 0.25) is 0 Å². The molecule has 2 N–H and O–H groups in total. The van der Waals surface area contributed by atoms with Crippen LogP contribution in [0.5, 0.6) is 0 Å². The summed E-state index contributed by atoms with van der Waals surface area (Å²) in [6, 6.07) is 0.719. The van der Waals surface area contributed by atoms with Crippen LogP contribution in [0.1, 0.15) is 46.0 Å². The van der Waals surface area contributed by atoms with Crippen LogP contribution in [0.2, 0.25) is 0 Å². The molecule has 0 spiro atoms. The predicted octanol–water partition coefficient (Wildman–Crippen LogP) is 1.86. The Morgan fingerprint density at radius 1 is 1.24 bits per heavy atom. The minimum absolute atomic E-state index is 0.317. The monoisotopic (exact) mass is 242 g/mol. The van der Waals surface area contributed by atoms with Gasteiger partial charge in [-0.1, -0.05) is 26.7 Å². The number of rotatable bonds is 8. The Labute approximate surface area is 107 Å². The summed E-state index contributed by atoms with van der Waals surface area (Å²) in [6.45, 7) is 9.19. The largest absolute Gasteiger partial charge is 0.396 e. The number of hydrogen-bond donors (Lipinski definition) is 2. The van der Waals surface area contributed by atoms with Crippen molar-refractivity contribution in [1.29, 1.82) is 0 Å². The van der Waals surface area contributed by atoms with Gasteiger partial charge in [0, 0.05) is 25.7 Å². The van der Waals surface area contributed by atoms with Crippen molar-refractivity contribution < 1.29 is 5.11 Å². The van der Waals surface area contributed by atoms with Gasteiger partial charge in [-0.2, -0.15) is 0 Å². The summed E-state index contributed by atoms with van der Waals surface area (Å²) in [5.41, 5.74) is 0. The van der Waals surface area contributed by atoms with Crippen molar-refractivity contribution in [2.45, 2.75) is 52.0 Å². The first-order valence-electron chi connectivity index (χ1n) is 7.38. The van der Waals surface area contributed by atoms with Crippen LogP contribution in [-0.2, 0) is 0 Å². The first-order valence-corrected chi connectivity index (χ1v) is 7.38. The Hall–Kier alpha value is -0.120. The normalized spacial score (nSPS) is 25.4. The molecule has 0 bridgehead atoms. The highest BCUT2D eigenvalue weighted by Gasteiger charge is 2.25. The van der Waals surface area contributed by atoms with E-state index in [-0.39, 0.29) is 0 Å². The molecule has 1 aliphatic carbocycles. The quantitative estimate of drug-likeness (QED) is 0.682. The summed E-state index contributed by atoms with van der Waals surface area (Å²) in [7, 11) is 0. The number of hydrogen-bond acceptors (Lipinski definition) is 3. The van der Waals surface area contributed by atoms with Gasteiger partial charge in [-0.05, 0) is 38.3 Å². The van der Waals surface area contributed by atoms with Crippen LogP contribution in [0.3, 0.4) is 0 Å². The smallest absolute Gasteiger partial charge is 0.0443 e. The minimum Gasteiger partial charge on any atom is -0.396 e. The maximum absolute atomic E-state index is 8.91. The van der Waals surface area contributed by atoms with Crippen LogP contribution >= 0.6 is 0 Å². The van der Waals surface area contributed by atoms with Gasteiger partial charge in [-0.3, -0.25) is 0 Å². The van der Waals surface area contributed by atoms with Crippen molar-refractivity contribution in [2.75, 3.05) is 32.8 Å². The molecule has 0 amide bonds. The van der Waals surface area contributed by atoms with E-state index in [1.807, 2.05) is 0 Å². The van der Waals surface area contributed by atoms with Crippen LogP contribution in [0.25, 0.3) is 0 Å². The fraction of sp³-hybridized carbons (Fsp3) is 1.00. The van der Waals surface area contributed by atoms with Crippen molar-refractivity contribution in [1.82, 2.24) is 10.2 Å². The van der Waals surface area contributed by atoms with Crippen LogP contribution in [0, 0.1) is 5.92 Å². The fourth-order valence-electron chi connectivity index (χ4n) is 2.96. The number of aliphatic hydroxyl groups excluding tert-OH is 1. The standard InChI is InChI=1S/C14H30N2O/c1-3-15-14-9-6-5-8-13(14)12-16(4-2)10-7-11-17/h13-15,17H,3-12H2,1-2H3. The van der Waals surface area contributed by atoms with Gasteiger partial charge in [0.25, 0.3) is 0 Å². The summed E-state index contributed by atoms with van der Waals surface area (Å²) in [6.07, 6.45) is 6.40. The zero-order chi connectivity index (χ0) is 12.5. The van der Waals surface area contributed by atoms with E-state index < -0.39 is 0 Å². The number of nitrogens with one attached hydrogen (secondary N) is 1. The lowest BCUT2D eigenvalue weighted by Crippen LogP contribution is -2.44. The molecule has 2 atom stereocenters. The zero-order valence-electron chi connectivity index (χ0n) is 11.6. The molecule has 0 aliphatic heterocycles. The molecule has 102 valence electrons. The van der Waals surface area contributed by atoms with Crippen molar-refractivity contribution in [3.05, 3.63) is 0 Å². The molecule has 0 aromatic rings. The maximum atomic E-state index is 8.91. The molecule has 0 radical (unpaired) electrons. The Morgan fingerprint density at radius 2 is 2.00 bits per heavy atom. The molecule has 1 aliphatic rings. The molecule has 0 saturated heterocycles. The molecule has 1 saturated carbocycles. The molecule has 0 heterocycles. The van der Waals surface area contributed by atoms with E-state index in [4.69, 9.17) is 5.11 Å². The average Bonchev–Trinajstić information content (AvgIpc) is 2.36. The van der Waals surface area contributed by atoms with Gasteiger partial charge in [0.1, 0.15) is 0 Å². The van der Waals surface area contributed by atoms with E-state index >= 15 is 0 Å². The van der Waals surface area contributed by atoms with Gasteiger partial charge in [0.05, 0.1) is 0 Å². The highest BCUT2D eigenvalue weighted by Crippen LogP contribution is 2.25. The topological polar surface area (TPSA) is 35.5 Å². The molecule has 1 rings (SSSR count). The van der Waals surface area contributed by atoms with E-state index in [9.17, 15) is 0 Å². The molecular formula is C14H30N2O. The number of aliphatic hydroxyl groups is 1. The molecule has 3 heteroatoms. The van der Waals surface area contributed by atoms with Gasteiger partial charge in [-0.25, -0.2) is 0 Å². The van der Waals surface area contributed by atoms with E-state index in [1.54, 1.807) is 0 Å². The first kappa shape index (κ1) is 14.9. The van der Waals surface area contributed by atoms with Crippen LogP contribution in [-0.4, -0.2) is 48.8 Å². The van der Waals surface area contributed by atoms with E-state index in [0.717, 1.165) is 38.0 Å². The summed E-state index contributed by atoms with van der Waals surface area (Å²) >= 11 is 0. The Kier molecular flexibility index (Phi) is 7.82. The summed E-state index contributed by atoms with van der Waals surface area (Å²) in [5, 5.41) is 12.6. The second-order valence-electron chi connectivity index (χ2n) is 5.18.